The molecule has 0 aliphatic carbocycles. The lowest BCUT2D eigenvalue weighted by Crippen LogP contribution is -2.12. The Bertz CT molecular complexity index is 1260. The third-order valence-corrected chi connectivity index (χ3v) is 6.12. The van der Waals surface area contributed by atoms with E-state index < -0.39 is 5.97 Å². The molecule has 0 radical (unpaired) electrons. The highest BCUT2D eigenvalue weighted by atomic mass is 19.1. The summed E-state index contributed by atoms with van der Waals surface area (Å²) in [6, 6.07) is 18.2. The van der Waals surface area contributed by atoms with Crippen LogP contribution in [-0.2, 0) is 11.3 Å². The van der Waals surface area contributed by atoms with Crippen LogP contribution in [0.1, 0.15) is 33.1 Å². The van der Waals surface area contributed by atoms with Gasteiger partial charge in [-0.1, -0.05) is 44.2 Å². The minimum Gasteiger partial charge on any atom is -0.481 e. The minimum atomic E-state index is -0.765. The zero-order valence-electron chi connectivity index (χ0n) is 19.9. The van der Waals surface area contributed by atoms with Gasteiger partial charge < -0.3 is 9.67 Å². The van der Waals surface area contributed by atoms with Crippen LogP contribution in [0.5, 0.6) is 0 Å². The largest absolute Gasteiger partial charge is 0.481 e. The van der Waals surface area contributed by atoms with Crippen molar-refractivity contribution in [2.24, 2.45) is 11.8 Å². The number of rotatable bonds is 10. The van der Waals surface area contributed by atoms with Gasteiger partial charge in [-0.2, -0.15) is 0 Å². The summed E-state index contributed by atoms with van der Waals surface area (Å²) < 4.78 is 16.0. The lowest BCUT2D eigenvalue weighted by Gasteiger charge is -2.19. The number of carbonyl (C=O) groups is 1. The van der Waals surface area contributed by atoms with Gasteiger partial charge in [0, 0.05) is 30.3 Å². The lowest BCUT2D eigenvalue weighted by atomic mass is 9.92. The number of imidazole rings is 1. The predicted molar refractivity (Wildman–Crippen MR) is 134 cm³/mol. The first-order chi connectivity index (χ1) is 16.9. The van der Waals surface area contributed by atoms with Crippen molar-refractivity contribution in [3.8, 4) is 34.0 Å². The molecule has 4 rings (SSSR count). The van der Waals surface area contributed by atoms with Gasteiger partial charge in [-0.15, -0.1) is 0 Å². The highest BCUT2D eigenvalue weighted by Gasteiger charge is 2.23. The number of aliphatic carboxylic acids is 1. The Morgan fingerprint density at radius 1 is 1.00 bits per heavy atom. The van der Waals surface area contributed by atoms with Crippen molar-refractivity contribution < 1.29 is 14.3 Å². The number of carboxylic acid groups (broad SMARTS) is 1. The molecule has 180 valence electrons. The third-order valence-electron chi connectivity index (χ3n) is 6.12. The fourth-order valence-electron chi connectivity index (χ4n) is 4.52. The Labute approximate surface area is 204 Å². The second-order valence-corrected chi connectivity index (χ2v) is 9.08. The van der Waals surface area contributed by atoms with Crippen LogP contribution in [-0.4, -0.2) is 30.6 Å². The van der Waals surface area contributed by atoms with Gasteiger partial charge in [-0.25, -0.2) is 19.3 Å². The summed E-state index contributed by atoms with van der Waals surface area (Å²) in [5, 5.41) is 9.11. The van der Waals surface area contributed by atoms with Crippen molar-refractivity contribution in [3.63, 3.8) is 0 Å². The predicted octanol–water partition coefficient (Wildman–Crippen LogP) is 6.34. The summed E-state index contributed by atoms with van der Waals surface area (Å²) in [6.07, 6.45) is 5.02. The standard InChI is InChI=1S/C28H29FN4O2/c1-19(16-20(2)17-25(34)35)13-15-33-27(21-8-10-23(29)11-9-21)26(24-12-14-30-18-31-24)32-28(33)22-6-4-3-5-7-22/h3-12,14,18-20H,13,15-17H2,1-2H3,(H,34,35). The third kappa shape index (κ3) is 5.98. The molecule has 0 aliphatic heterocycles. The van der Waals surface area contributed by atoms with E-state index in [9.17, 15) is 9.18 Å². The van der Waals surface area contributed by atoms with E-state index in [1.807, 2.05) is 43.3 Å². The quantitative estimate of drug-likeness (QED) is 0.291. The molecule has 0 fully saturated rings. The molecule has 0 saturated carbocycles. The topological polar surface area (TPSA) is 80.9 Å². The zero-order valence-corrected chi connectivity index (χ0v) is 19.9. The van der Waals surface area contributed by atoms with Crippen LogP contribution in [0.4, 0.5) is 4.39 Å². The fraction of sp³-hybridized carbons (Fsp3) is 0.286. The van der Waals surface area contributed by atoms with Crippen molar-refractivity contribution in [1.82, 2.24) is 19.5 Å². The van der Waals surface area contributed by atoms with Gasteiger partial charge in [-0.05, 0) is 55.0 Å². The highest BCUT2D eigenvalue weighted by Crippen LogP contribution is 2.36. The molecule has 0 saturated heterocycles. The molecule has 6 nitrogen and oxygen atoms in total. The van der Waals surface area contributed by atoms with Gasteiger partial charge in [0.05, 0.1) is 11.4 Å². The molecule has 2 heterocycles. The van der Waals surface area contributed by atoms with Gasteiger partial charge >= 0.3 is 5.97 Å². The molecule has 7 heteroatoms. The molecule has 2 aromatic carbocycles. The van der Waals surface area contributed by atoms with Crippen LogP contribution in [0.25, 0.3) is 34.0 Å². The Balaban J connectivity index is 1.78. The van der Waals surface area contributed by atoms with Gasteiger partial charge in [-0.3, -0.25) is 4.79 Å². The molecular weight excluding hydrogens is 443 g/mol. The maximum atomic E-state index is 13.8. The summed E-state index contributed by atoms with van der Waals surface area (Å²) >= 11 is 0. The second-order valence-electron chi connectivity index (χ2n) is 9.08. The van der Waals surface area contributed by atoms with E-state index in [-0.39, 0.29) is 18.2 Å². The van der Waals surface area contributed by atoms with Crippen LogP contribution in [0.3, 0.4) is 0 Å². The lowest BCUT2D eigenvalue weighted by molar-refractivity contribution is -0.138. The van der Waals surface area contributed by atoms with Gasteiger partial charge in [0.2, 0.25) is 0 Å². The van der Waals surface area contributed by atoms with Crippen molar-refractivity contribution in [2.45, 2.75) is 39.7 Å². The average Bonchev–Trinajstić information content (AvgIpc) is 3.23. The Morgan fingerprint density at radius 3 is 2.40 bits per heavy atom. The first-order valence-electron chi connectivity index (χ1n) is 11.8. The van der Waals surface area contributed by atoms with E-state index in [0.717, 1.165) is 35.5 Å². The monoisotopic (exact) mass is 472 g/mol. The summed E-state index contributed by atoms with van der Waals surface area (Å²) in [4.78, 5) is 24.6. The van der Waals surface area contributed by atoms with E-state index in [2.05, 4.69) is 21.5 Å². The number of hydrogen-bond acceptors (Lipinski definition) is 4. The summed E-state index contributed by atoms with van der Waals surface area (Å²) in [6.45, 7) is 4.81. The number of carboxylic acids is 1. The summed E-state index contributed by atoms with van der Waals surface area (Å²) in [5.41, 5.74) is 4.10. The van der Waals surface area contributed by atoms with Crippen molar-refractivity contribution in [2.75, 3.05) is 0 Å². The molecule has 0 spiro atoms. The van der Waals surface area contributed by atoms with Crippen LogP contribution in [0, 0.1) is 17.7 Å². The van der Waals surface area contributed by atoms with Crippen molar-refractivity contribution in [3.05, 3.63) is 79.0 Å². The Morgan fingerprint density at radius 2 is 1.74 bits per heavy atom. The second kappa shape index (κ2) is 11.0. The minimum absolute atomic E-state index is 0.104. The first-order valence-corrected chi connectivity index (χ1v) is 11.8. The van der Waals surface area contributed by atoms with Crippen LogP contribution >= 0.6 is 0 Å². The van der Waals surface area contributed by atoms with Gasteiger partial charge in [0.25, 0.3) is 0 Å². The Kier molecular flexibility index (Phi) is 7.65. The van der Waals surface area contributed by atoms with Gasteiger partial charge in [0.15, 0.2) is 0 Å². The molecule has 2 atom stereocenters. The maximum Gasteiger partial charge on any atom is 0.303 e. The number of aromatic nitrogens is 4. The van der Waals surface area contributed by atoms with E-state index in [0.29, 0.717) is 23.9 Å². The zero-order chi connectivity index (χ0) is 24.8. The van der Waals surface area contributed by atoms with Crippen LogP contribution < -0.4 is 0 Å². The molecule has 2 aromatic heterocycles. The summed E-state index contributed by atoms with van der Waals surface area (Å²) in [7, 11) is 0. The smallest absolute Gasteiger partial charge is 0.303 e. The molecule has 4 aromatic rings. The number of nitrogens with zero attached hydrogens (tertiary/aromatic N) is 4. The van der Waals surface area contributed by atoms with Crippen LogP contribution in [0.15, 0.2) is 73.2 Å². The summed E-state index contributed by atoms with van der Waals surface area (Å²) in [5.74, 6) is 0.168. The number of hydrogen-bond donors (Lipinski definition) is 1. The molecule has 1 N–H and O–H groups in total. The first kappa shape index (κ1) is 24.3. The molecular formula is C28H29FN4O2. The fourth-order valence-corrected chi connectivity index (χ4v) is 4.52. The van der Waals surface area contributed by atoms with E-state index in [4.69, 9.17) is 10.1 Å². The number of halogens is 1. The van der Waals surface area contributed by atoms with Crippen molar-refractivity contribution >= 4 is 5.97 Å². The van der Waals surface area contributed by atoms with E-state index in [1.54, 1.807) is 18.3 Å². The maximum absolute atomic E-state index is 13.8. The molecule has 2 unspecified atom stereocenters. The van der Waals surface area contributed by atoms with Crippen LogP contribution in [0.2, 0.25) is 0 Å². The normalized spacial score (nSPS) is 12.9. The molecule has 0 amide bonds. The average molecular weight is 473 g/mol. The van der Waals surface area contributed by atoms with Gasteiger partial charge in [0.1, 0.15) is 23.7 Å². The van der Waals surface area contributed by atoms with E-state index >= 15 is 0 Å². The Hall–Kier alpha value is -3.87. The molecule has 0 aliphatic rings. The van der Waals surface area contributed by atoms with Crippen molar-refractivity contribution in [1.29, 1.82) is 0 Å². The molecule has 0 bridgehead atoms. The molecule has 35 heavy (non-hydrogen) atoms. The SMILES string of the molecule is CC(CCn1c(-c2ccccc2)nc(-c2ccncn2)c1-c1ccc(F)cc1)CC(C)CC(=O)O. The number of benzene rings is 2. The van der Waals surface area contributed by atoms with E-state index in [1.165, 1.54) is 18.5 Å². The highest BCUT2D eigenvalue weighted by molar-refractivity contribution is 5.80.